The summed E-state index contributed by atoms with van der Waals surface area (Å²) in [6, 6.07) is 9.49. The number of nitrogens with zero attached hydrogens (tertiary/aromatic N) is 6. The third-order valence-corrected chi connectivity index (χ3v) is 7.64. The first-order chi connectivity index (χ1) is 17.4. The van der Waals surface area contributed by atoms with Crippen molar-refractivity contribution in [1.29, 1.82) is 5.26 Å². The van der Waals surface area contributed by atoms with Gasteiger partial charge in [0, 0.05) is 18.5 Å². The highest BCUT2D eigenvalue weighted by molar-refractivity contribution is 7.16. The zero-order valence-electron chi connectivity index (χ0n) is 19.2. The molecule has 1 amide bonds. The maximum absolute atomic E-state index is 15.6. The molecule has 0 radical (unpaired) electrons. The van der Waals surface area contributed by atoms with Gasteiger partial charge in [0.25, 0.3) is 5.91 Å². The number of carbonyl (C=O) groups is 1. The number of pyridine rings is 1. The minimum atomic E-state index is -0.704. The maximum Gasteiger partial charge on any atom is 0.261 e. The molecule has 4 heterocycles. The average Bonchev–Trinajstić information content (AvgIpc) is 3.58. The highest BCUT2D eigenvalue weighted by atomic mass is 35.5. The van der Waals surface area contributed by atoms with E-state index in [9.17, 15) is 4.79 Å². The van der Waals surface area contributed by atoms with E-state index < -0.39 is 6.04 Å². The number of aromatic nitrogens is 4. The van der Waals surface area contributed by atoms with Crippen LogP contribution in [0, 0.1) is 24.1 Å². The molecule has 1 saturated carbocycles. The third kappa shape index (κ3) is 3.98. The van der Waals surface area contributed by atoms with Crippen LogP contribution in [0.4, 0.5) is 4.39 Å². The molecule has 0 N–H and O–H groups in total. The molecule has 0 bridgehead atoms. The maximum atomic E-state index is 15.6. The Labute approximate surface area is 214 Å². The Morgan fingerprint density at radius 2 is 2.14 bits per heavy atom. The number of imidazole rings is 1. The fourth-order valence-corrected chi connectivity index (χ4v) is 5.67. The molecule has 1 atom stereocenters. The lowest BCUT2D eigenvalue weighted by Crippen LogP contribution is -2.43. The van der Waals surface area contributed by atoms with E-state index in [0.717, 1.165) is 34.1 Å². The van der Waals surface area contributed by atoms with Crippen molar-refractivity contribution >= 4 is 33.8 Å². The van der Waals surface area contributed by atoms with Crippen molar-refractivity contribution in [3.05, 3.63) is 74.5 Å². The van der Waals surface area contributed by atoms with E-state index in [4.69, 9.17) is 26.6 Å². The van der Waals surface area contributed by atoms with E-state index >= 15 is 4.39 Å². The first-order valence-corrected chi connectivity index (χ1v) is 12.8. The van der Waals surface area contributed by atoms with Crippen LogP contribution < -0.4 is 4.74 Å². The van der Waals surface area contributed by atoms with Gasteiger partial charge in [-0.25, -0.2) is 18.9 Å². The second-order valence-electron chi connectivity index (χ2n) is 8.94. The fourth-order valence-electron chi connectivity index (χ4n) is 4.70. The topological polar surface area (TPSA) is 96.4 Å². The van der Waals surface area contributed by atoms with Crippen LogP contribution in [0.15, 0.2) is 30.3 Å². The number of fused-ring (bicyclic) bond motifs is 3. The highest BCUT2D eigenvalue weighted by Gasteiger charge is 2.38. The van der Waals surface area contributed by atoms with Crippen molar-refractivity contribution in [3.8, 4) is 11.8 Å². The Bertz CT molecular complexity index is 1560. The molecule has 3 aromatic heterocycles. The first kappa shape index (κ1) is 22.9. The molecule has 1 fully saturated rings. The van der Waals surface area contributed by atoms with Crippen LogP contribution in [-0.4, -0.2) is 43.5 Å². The van der Waals surface area contributed by atoms with Crippen molar-refractivity contribution in [2.24, 2.45) is 0 Å². The summed E-state index contributed by atoms with van der Waals surface area (Å²) in [7, 11) is 0. The summed E-state index contributed by atoms with van der Waals surface area (Å²) in [4.78, 5) is 24.5. The monoisotopic (exact) mass is 522 g/mol. The lowest BCUT2D eigenvalue weighted by molar-refractivity contribution is -0.135. The summed E-state index contributed by atoms with van der Waals surface area (Å²) in [5, 5.41) is 14.4. The van der Waals surface area contributed by atoms with Gasteiger partial charge >= 0.3 is 0 Å². The van der Waals surface area contributed by atoms with Gasteiger partial charge in [-0.1, -0.05) is 35.1 Å². The van der Waals surface area contributed by atoms with Crippen LogP contribution in [0.3, 0.4) is 0 Å². The lowest BCUT2D eigenvalue weighted by Gasteiger charge is -2.35. The summed E-state index contributed by atoms with van der Waals surface area (Å²) in [6.07, 6.45) is 2.67. The molecule has 36 heavy (non-hydrogen) atoms. The van der Waals surface area contributed by atoms with Gasteiger partial charge in [0.1, 0.15) is 28.6 Å². The minimum Gasteiger partial charge on any atom is -0.481 e. The smallest absolute Gasteiger partial charge is 0.261 e. The van der Waals surface area contributed by atoms with E-state index in [1.54, 1.807) is 21.5 Å². The number of carbonyl (C=O) groups excluding carboxylic acids is 1. The van der Waals surface area contributed by atoms with Gasteiger partial charge in [-0.15, -0.1) is 0 Å². The van der Waals surface area contributed by atoms with Crippen LogP contribution in [0.1, 0.15) is 58.0 Å². The van der Waals surface area contributed by atoms with Gasteiger partial charge < -0.3 is 9.64 Å². The molecule has 11 heteroatoms. The summed E-state index contributed by atoms with van der Waals surface area (Å²) >= 11 is 7.57. The molecule has 4 aromatic rings. The number of hydrogen-bond donors (Lipinski definition) is 0. The fraction of sp³-hybridized carbons (Fsp3) is 0.320. The molecule has 1 aliphatic carbocycles. The SMILES string of the molecule is Cc1nn2c3c(nc2s1)CCN(C(=O)COc1ccc(C#N)nc1Cl)C3c1ccc(C2CC2)cc1F. The van der Waals surface area contributed by atoms with Gasteiger partial charge in [0.05, 0.1) is 11.4 Å². The molecule has 1 unspecified atom stereocenters. The number of benzene rings is 1. The number of nitriles is 1. The van der Waals surface area contributed by atoms with Gasteiger partial charge in [-0.2, -0.15) is 10.4 Å². The lowest BCUT2D eigenvalue weighted by atomic mass is 9.93. The predicted molar refractivity (Wildman–Crippen MR) is 131 cm³/mol. The Hall–Kier alpha value is -3.55. The number of amides is 1. The number of aryl methyl sites for hydroxylation is 1. The van der Waals surface area contributed by atoms with E-state index in [-0.39, 0.29) is 34.9 Å². The minimum absolute atomic E-state index is 0.00325. The standard InChI is InChI=1S/C25H20ClFN6O2S/c1-13-31-33-23-19(30-25(33)36-13)8-9-32(21(34)12-35-20-7-5-16(11-28)29-24(20)26)22(23)17-6-4-15(10-18(17)27)14-2-3-14/h4-7,10,14,22H,2-3,8-9,12H2,1H3. The molecule has 1 aliphatic heterocycles. The van der Waals surface area contributed by atoms with Gasteiger partial charge in [-0.05, 0) is 49.4 Å². The van der Waals surface area contributed by atoms with Crippen LogP contribution in [-0.2, 0) is 11.2 Å². The summed E-state index contributed by atoms with van der Waals surface area (Å²) in [5.41, 5.74) is 3.05. The van der Waals surface area contributed by atoms with Crippen molar-refractivity contribution < 1.29 is 13.9 Å². The molecular formula is C25H20ClFN6O2S. The summed E-state index contributed by atoms with van der Waals surface area (Å²) in [5.74, 6) is -0.0776. The van der Waals surface area contributed by atoms with Gasteiger partial charge in [0.2, 0.25) is 4.96 Å². The first-order valence-electron chi connectivity index (χ1n) is 11.6. The van der Waals surface area contributed by atoms with Crippen LogP contribution in [0.25, 0.3) is 4.96 Å². The Kier molecular flexibility index (Phi) is 5.62. The highest BCUT2D eigenvalue weighted by Crippen LogP contribution is 2.43. The number of ether oxygens (including phenoxy) is 1. The number of halogens is 2. The molecule has 0 saturated heterocycles. The van der Waals surface area contributed by atoms with Crippen molar-refractivity contribution in [2.75, 3.05) is 13.2 Å². The number of hydrogen-bond acceptors (Lipinski definition) is 7. The Balaban J connectivity index is 1.36. The van der Waals surface area contributed by atoms with Gasteiger partial charge in [-0.3, -0.25) is 4.79 Å². The van der Waals surface area contributed by atoms with E-state index in [2.05, 4.69) is 10.1 Å². The molecule has 182 valence electrons. The van der Waals surface area contributed by atoms with Crippen LogP contribution in [0.5, 0.6) is 5.75 Å². The molecule has 0 spiro atoms. The van der Waals surface area contributed by atoms with E-state index in [1.165, 1.54) is 23.5 Å². The second kappa shape index (κ2) is 8.84. The van der Waals surface area contributed by atoms with Crippen molar-refractivity contribution in [2.45, 2.75) is 38.1 Å². The van der Waals surface area contributed by atoms with E-state index in [1.807, 2.05) is 19.1 Å². The second-order valence-corrected chi connectivity index (χ2v) is 10.5. The molecule has 8 nitrogen and oxygen atoms in total. The van der Waals surface area contributed by atoms with Crippen molar-refractivity contribution in [3.63, 3.8) is 0 Å². The predicted octanol–water partition coefficient (Wildman–Crippen LogP) is 4.59. The Morgan fingerprint density at radius 3 is 2.86 bits per heavy atom. The molecule has 1 aromatic carbocycles. The molecular weight excluding hydrogens is 503 g/mol. The molecule has 2 aliphatic rings. The van der Waals surface area contributed by atoms with Gasteiger partial charge in [0.15, 0.2) is 17.5 Å². The van der Waals surface area contributed by atoms with E-state index in [0.29, 0.717) is 30.1 Å². The third-order valence-electron chi connectivity index (χ3n) is 6.54. The normalized spacial score (nSPS) is 17.2. The molecule has 6 rings (SSSR count). The van der Waals surface area contributed by atoms with Crippen LogP contribution in [0.2, 0.25) is 5.15 Å². The zero-order chi connectivity index (χ0) is 25.0. The van der Waals surface area contributed by atoms with Crippen molar-refractivity contribution in [1.82, 2.24) is 24.5 Å². The zero-order valence-corrected chi connectivity index (χ0v) is 20.8. The number of rotatable bonds is 5. The quantitative estimate of drug-likeness (QED) is 0.356. The Morgan fingerprint density at radius 1 is 1.31 bits per heavy atom. The van der Waals surface area contributed by atoms with Crippen LogP contribution >= 0.6 is 22.9 Å². The summed E-state index contributed by atoms with van der Waals surface area (Å²) < 4.78 is 23.0. The average molecular weight is 523 g/mol. The largest absolute Gasteiger partial charge is 0.481 e. The summed E-state index contributed by atoms with van der Waals surface area (Å²) in [6.45, 7) is 1.92.